The van der Waals surface area contributed by atoms with Crippen LogP contribution in [-0.4, -0.2) is 4.98 Å². The number of aryl methyl sites for hydroxylation is 1. The number of rotatable bonds is 2. The molecule has 0 amide bonds. The molecule has 0 fully saturated rings. The predicted molar refractivity (Wildman–Crippen MR) is 85.1 cm³/mol. The number of nitrogen functional groups attached to an aromatic ring is 1. The molecule has 4 heteroatoms. The van der Waals surface area contributed by atoms with Crippen molar-refractivity contribution in [1.29, 1.82) is 0 Å². The highest BCUT2D eigenvalue weighted by atomic mass is 79.9. The minimum absolute atomic E-state index is 0.570. The Morgan fingerprint density at radius 1 is 1.15 bits per heavy atom. The first-order valence-electron chi connectivity index (χ1n) is 6.22. The molecule has 0 atom stereocenters. The molecule has 0 radical (unpaired) electrons. The van der Waals surface area contributed by atoms with E-state index in [0.717, 1.165) is 20.8 Å². The zero-order valence-corrected chi connectivity index (χ0v) is 12.5. The summed E-state index contributed by atoms with van der Waals surface area (Å²) < 4.78 is 6.89. The number of ether oxygens (including phenoxy) is 1. The number of nitrogens with zero attached hydrogens (tertiary/aromatic N) is 1. The van der Waals surface area contributed by atoms with Crippen LogP contribution in [0.4, 0.5) is 5.69 Å². The van der Waals surface area contributed by atoms with Crippen molar-refractivity contribution in [1.82, 2.24) is 4.98 Å². The van der Waals surface area contributed by atoms with Gasteiger partial charge in [-0.2, -0.15) is 0 Å². The summed E-state index contributed by atoms with van der Waals surface area (Å²) in [6, 6.07) is 13.7. The topological polar surface area (TPSA) is 48.1 Å². The van der Waals surface area contributed by atoms with E-state index in [1.165, 1.54) is 0 Å². The maximum Gasteiger partial charge on any atom is 0.227 e. The Kier molecular flexibility index (Phi) is 3.32. The van der Waals surface area contributed by atoms with Crippen molar-refractivity contribution in [3.8, 4) is 11.6 Å². The fraction of sp³-hybridized carbons (Fsp3) is 0.0625. The molecule has 0 bridgehead atoms. The number of aromatic nitrogens is 1. The molecule has 2 aromatic carbocycles. The molecule has 0 saturated carbocycles. The molecule has 3 nitrogen and oxygen atoms in total. The third-order valence-electron chi connectivity index (χ3n) is 3.10. The van der Waals surface area contributed by atoms with Crippen LogP contribution in [0.15, 0.2) is 53.1 Å². The number of anilines is 1. The second kappa shape index (κ2) is 5.13. The van der Waals surface area contributed by atoms with Crippen LogP contribution in [0.3, 0.4) is 0 Å². The third-order valence-corrected chi connectivity index (χ3v) is 3.56. The van der Waals surface area contributed by atoms with E-state index in [0.29, 0.717) is 17.3 Å². The average Bonchev–Trinajstić information content (AvgIpc) is 2.43. The summed E-state index contributed by atoms with van der Waals surface area (Å²) in [5, 5.41) is 2.06. The van der Waals surface area contributed by atoms with Gasteiger partial charge in [-0.1, -0.05) is 34.1 Å². The van der Waals surface area contributed by atoms with E-state index in [9.17, 15) is 0 Å². The van der Waals surface area contributed by atoms with E-state index in [1.807, 2.05) is 49.4 Å². The molecule has 0 aliphatic carbocycles. The molecule has 0 unspecified atom stereocenters. The lowest BCUT2D eigenvalue weighted by Crippen LogP contribution is -1.97. The van der Waals surface area contributed by atoms with Gasteiger partial charge in [-0.05, 0) is 42.1 Å². The van der Waals surface area contributed by atoms with E-state index in [1.54, 1.807) is 6.20 Å². The fourth-order valence-electron chi connectivity index (χ4n) is 2.17. The molecule has 3 aromatic rings. The first-order valence-corrected chi connectivity index (χ1v) is 7.01. The number of halogens is 1. The van der Waals surface area contributed by atoms with Gasteiger partial charge in [-0.25, -0.2) is 4.98 Å². The van der Waals surface area contributed by atoms with Crippen LogP contribution in [0, 0.1) is 6.92 Å². The smallest absolute Gasteiger partial charge is 0.227 e. The van der Waals surface area contributed by atoms with Crippen molar-refractivity contribution in [2.24, 2.45) is 0 Å². The van der Waals surface area contributed by atoms with Crippen LogP contribution in [0.2, 0.25) is 0 Å². The molecule has 20 heavy (non-hydrogen) atoms. The molecule has 1 aromatic heterocycles. The van der Waals surface area contributed by atoms with E-state index >= 15 is 0 Å². The van der Waals surface area contributed by atoms with Crippen LogP contribution in [0.25, 0.3) is 10.8 Å². The summed E-state index contributed by atoms with van der Waals surface area (Å²) in [6.45, 7) is 1.96. The number of nitrogens with two attached hydrogens (primary N) is 1. The summed E-state index contributed by atoms with van der Waals surface area (Å²) >= 11 is 3.42. The number of fused-ring (bicyclic) bond motifs is 1. The summed E-state index contributed by atoms with van der Waals surface area (Å²) in [6.07, 6.45) is 1.74. The maximum absolute atomic E-state index is 6.03. The number of pyridine rings is 1. The van der Waals surface area contributed by atoms with Gasteiger partial charge < -0.3 is 10.5 Å². The van der Waals surface area contributed by atoms with Gasteiger partial charge in [0.15, 0.2) is 5.75 Å². The number of hydrogen-bond acceptors (Lipinski definition) is 3. The van der Waals surface area contributed by atoms with Crippen molar-refractivity contribution in [2.75, 3.05) is 5.73 Å². The Hall–Kier alpha value is -2.07. The normalized spacial score (nSPS) is 10.7. The van der Waals surface area contributed by atoms with E-state index in [-0.39, 0.29) is 0 Å². The second-order valence-corrected chi connectivity index (χ2v) is 5.50. The molecule has 100 valence electrons. The second-order valence-electron chi connectivity index (χ2n) is 4.58. The van der Waals surface area contributed by atoms with Gasteiger partial charge >= 0.3 is 0 Å². The quantitative estimate of drug-likeness (QED) is 0.695. The third kappa shape index (κ3) is 2.34. The summed E-state index contributed by atoms with van der Waals surface area (Å²) in [5.74, 6) is 1.22. The monoisotopic (exact) mass is 328 g/mol. The molecule has 2 N–H and O–H groups in total. The predicted octanol–water partition coefficient (Wildman–Crippen LogP) is 4.68. The highest BCUT2D eigenvalue weighted by molar-refractivity contribution is 9.10. The lowest BCUT2D eigenvalue weighted by Gasteiger charge is -2.12. The Balaban J connectivity index is 2.10. The highest BCUT2D eigenvalue weighted by Gasteiger charge is 2.10. The summed E-state index contributed by atoms with van der Waals surface area (Å²) in [5.41, 5.74) is 7.59. The van der Waals surface area contributed by atoms with Crippen LogP contribution in [0.5, 0.6) is 11.6 Å². The first kappa shape index (κ1) is 12.9. The van der Waals surface area contributed by atoms with Crippen LogP contribution in [-0.2, 0) is 0 Å². The average molecular weight is 329 g/mol. The van der Waals surface area contributed by atoms with E-state index < -0.39 is 0 Å². The molecular formula is C16H13BrN2O. The van der Waals surface area contributed by atoms with Crippen LogP contribution in [0.1, 0.15) is 5.56 Å². The SMILES string of the molecule is Cc1cc(Br)cc(N)c1Oc1nccc2ccccc12. The molecule has 0 aliphatic rings. The number of benzene rings is 2. The minimum atomic E-state index is 0.570. The van der Waals surface area contributed by atoms with Crippen molar-refractivity contribution in [3.05, 3.63) is 58.7 Å². The molecule has 0 spiro atoms. The van der Waals surface area contributed by atoms with Crippen molar-refractivity contribution >= 4 is 32.4 Å². The Bertz CT molecular complexity index is 758. The Morgan fingerprint density at radius 2 is 1.95 bits per heavy atom. The molecule has 0 saturated heterocycles. The van der Waals surface area contributed by atoms with Crippen LogP contribution < -0.4 is 10.5 Å². The van der Waals surface area contributed by atoms with Gasteiger partial charge in [0.25, 0.3) is 0 Å². The Morgan fingerprint density at radius 3 is 2.75 bits per heavy atom. The number of hydrogen-bond donors (Lipinski definition) is 1. The molecule has 0 aliphatic heterocycles. The minimum Gasteiger partial charge on any atom is -0.436 e. The zero-order chi connectivity index (χ0) is 14.1. The van der Waals surface area contributed by atoms with Gasteiger partial charge in [0, 0.05) is 16.1 Å². The van der Waals surface area contributed by atoms with Gasteiger partial charge in [0.05, 0.1) is 5.69 Å². The summed E-state index contributed by atoms with van der Waals surface area (Å²) in [7, 11) is 0. The molecule has 1 heterocycles. The van der Waals surface area contributed by atoms with Gasteiger partial charge in [-0.15, -0.1) is 0 Å². The van der Waals surface area contributed by atoms with Gasteiger partial charge in [0.1, 0.15) is 0 Å². The standard InChI is InChI=1S/C16H13BrN2O/c1-10-8-12(17)9-14(18)15(10)20-16-13-5-3-2-4-11(13)6-7-19-16/h2-9H,18H2,1H3. The summed E-state index contributed by atoms with van der Waals surface area (Å²) in [4.78, 5) is 4.32. The van der Waals surface area contributed by atoms with Gasteiger partial charge in [0.2, 0.25) is 5.88 Å². The Labute approximate surface area is 125 Å². The van der Waals surface area contributed by atoms with Crippen molar-refractivity contribution in [3.63, 3.8) is 0 Å². The van der Waals surface area contributed by atoms with Crippen molar-refractivity contribution < 1.29 is 4.74 Å². The van der Waals surface area contributed by atoms with E-state index in [2.05, 4.69) is 20.9 Å². The highest BCUT2D eigenvalue weighted by Crippen LogP contribution is 2.35. The maximum atomic E-state index is 6.03. The first-order chi connectivity index (χ1) is 9.65. The van der Waals surface area contributed by atoms with Gasteiger partial charge in [-0.3, -0.25) is 0 Å². The van der Waals surface area contributed by atoms with E-state index in [4.69, 9.17) is 10.5 Å². The lowest BCUT2D eigenvalue weighted by atomic mass is 10.1. The fourth-order valence-corrected chi connectivity index (χ4v) is 2.76. The van der Waals surface area contributed by atoms with Crippen LogP contribution >= 0.6 is 15.9 Å². The molecule has 3 rings (SSSR count). The zero-order valence-electron chi connectivity index (χ0n) is 10.9. The largest absolute Gasteiger partial charge is 0.436 e. The molecular weight excluding hydrogens is 316 g/mol. The van der Waals surface area contributed by atoms with Crippen molar-refractivity contribution in [2.45, 2.75) is 6.92 Å². The lowest BCUT2D eigenvalue weighted by molar-refractivity contribution is 0.468.